The topological polar surface area (TPSA) is 49.5 Å². The highest BCUT2D eigenvalue weighted by Crippen LogP contribution is 2.22. The molecule has 0 aliphatic heterocycles. The van der Waals surface area contributed by atoms with E-state index in [2.05, 4.69) is 11.8 Å². The lowest BCUT2D eigenvalue weighted by molar-refractivity contribution is 0.186. The van der Waals surface area contributed by atoms with E-state index in [0.29, 0.717) is 0 Å². The standard InChI is InChI=1S/C12H20N2O/c1-3-14(9-8-10(2)15)12-7-5-4-6-11(12)13/h4-7,10,15H,3,8-9,13H2,1-2H3. The van der Waals surface area contributed by atoms with Gasteiger partial charge in [-0.15, -0.1) is 0 Å². The number of anilines is 2. The Hall–Kier alpha value is -1.22. The fraction of sp³-hybridized carbons (Fsp3) is 0.500. The molecular weight excluding hydrogens is 188 g/mol. The van der Waals surface area contributed by atoms with Gasteiger partial charge in [-0.3, -0.25) is 0 Å². The largest absolute Gasteiger partial charge is 0.397 e. The molecule has 0 aliphatic rings. The number of hydrogen-bond acceptors (Lipinski definition) is 3. The van der Waals surface area contributed by atoms with Gasteiger partial charge < -0.3 is 15.7 Å². The van der Waals surface area contributed by atoms with Crippen molar-refractivity contribution >= 4 is 11.4 Å². The van der Waals surface area contributed by atoms with Crippen LogP contribution in [0.4, 0.5) is 11.4 Å². The first-order valence-corrected chi connectivity index (χ1v) is 5.42. The molecule has 0 amide bonds. The van der Waals surface area contributed by atoms with E-state index in [4.69, 9.17) is 5.73 Å². The number of para-hydroxylation sites is 2. The van der Waals surface area contributed by atoms with E-state index in [1.165, 1.54) is 0 Å². The highest BCUT2D eigenvalue weighted by Gasteiger charge is 2.07. The Kier molecular flexibility index (Phi) is 4.43. The van der Waals surface area contributed by atoms with Gasteiger partial charge in [-0.1, -0.05) is 12.1 Å². The molecule has 0 spiro atoms. The maximum atomic E-state index is 9.26. The van der Waals surface area contributed by atoms with Gasteiger partial charge in [0.1, 0.15) is 0 Å². The summed E-state index contributed by atoms with van der Waals surface area (Å²) in [6, 6.07) is 7.83. The molecule has 0 saturated heterocycles. The van der Waals surface area contributed by atoms with Crippen molar-refractivity contribution in [1.29, 1.82) is 0 Å². The molecule has 3 N–H and O–H groups in total. The molecule has 0 bridgehead atoms. The normalized spacial score (nSPS) is 12.5. The van der Waals surface area contributed by atoms with E-state index in [0.717, 1.165) is 30.9 Å². The van der Waals surface area contributed by atoms with Gasteiger partial charge in [0.05, 0.1) is 17.5 Å². The Labute approximate surface area is 91.5 Å². The lowest BCUT2D eigenvalue weighted by atomic mass is 10.2. The van der Waals surface area contributed by atoms with Crippen LogP contribution in [0.15, 0.2) is 24.3 Å². The average Bonchev–Trinajstić information content (AvgIpc) is 2.21. The third kappa shape index (κ3) is 3.44. The Morgan fingerprint density at radius 2 is 2.07 bits per heavy atom. The first kappa shape index (κ1) is 11.9. The number of nitrogens with zero attached hydrogens (tertiary/aromatic N) is 1. The van der Waals surface area contributed by atoms with E-state index in [9.17, 15) is 5.11 Å². The zero-order valence-corrected chi connectivity index (χ0v) is 9.48. The van der Waals surface area contributed by atoms with Crippen LogP contribution in [0.25, 0.3) is 0 Å². The molecular formula is C12H20N2O. The van der Waals surface area contributed by atoms with Gasteiger partial charge in [0.15, 0.2) is 0 Å². The quantitative estimate of drug-likeness (QED) is 0.726. The van der Waals surface area contributed by atoms with Gasteiger partial charge in [0.25, 0.3) is 0 Å². The third-order valence-corrected chi connectivity index (χ3v) is 2.48. The van der Waals surface area contributed by atoms with Gasteiger partial charge in [-0.25, -0.2) is 0 Å². The summed E-state index contributed by atoms with van der Waals surface area (Å²) >= 11 is 0. The van der Waals surface area contributed by atoms with E-state index >= 15 is 0 Å². The monoisotopic (exact) mass is 208 g/mol. The van der Waals surface area contributed by atoms with Gasteiger partial charge in [0, 0.05) is 13.1 Å². The van der Waals surface area contributed by atoms with Crippen molar-refractivity contribution in [2.45, 2.75) is 26.4 Å². The van der Waals surface area contributed by atoms with Gasteiger partial charge >= 0.3 is 0 Å². The van der Waals surface area contributed by atoms with E-state index < -0.39 is 0 Å². The second-order valence-corrected chi connectivity index (χ2v) is 3.78. The Bertz CT molecular complexity index is 299. The van der Waals surface area contributed by atoms with Crippen LogP contribution in [0.3, 0.4) is 0 Å². The molecule has 0 radical (unpaired) electrons. The van der Waals surface area contributed by atoms with Crippen LogP contribution >= 0.6 is 0 Å². The Morgan fingerprint density at radius 1 is 1.40 bits per heavy atom. The molecule has 3 heteroatoms. The summed E-state index contributed by atoms with van der Waals surface area (Å²) in [5, 5.41) is 9.26. The summed E-state index contributed by atoms with van der Waals surface area (Å²) < 4.78 is 0. The van der Waals surface area contributed by atoms with Crippen LogP contribution in [-0.4, -0.2) is 24.3 Å². The van der Waals surface area contributed by atoms with Crippen LogP contribution in [0.2, 0.25) is 0 Å². The van der Waals surface area contributed by atoms with Crippen molar-refractivity contribution in [3.63, 3.8) is 0 Å². The third-order valence-electron chi connectivity index (χ3n) is 2.48. The summed E-state index contributed by atoms with van der Waals surface area (Å²) in [4.78, 5) is 2.18. The molecule has 3 nitrogen and oxygen atoms in total. The minimum atomic E-state index is -0.260. The van der Waals surface area contributed by atoms with E-state index in [1.807, 2.05) is 31.2 Å². The van der Waals surface area contributed by atoms with Crippen LogP contribution < -0.4 is 10.6 Å². The van der Waals surface area contributed by atoms with Gasteiger partial charge in [-0.05, 0) is 32.4 Å². The highest BCUT2D eigenvalue weighted by atomic mass is 16.3. The predicted octanol–water partition coefficient (Wildman–Crippen LogP) is 1.87. The van der Waals surface area contributed by atoms with Crippen molar-refractivity contribution in [3.8, 4) is 0 Å². The maximum Gasteiger partial charge on any atom is 0.0599 e. The summed E-state index contributed by atoms with van der Waals surface area (Å²) in [5.41, 5.74) is 7.75. The molecule has 0 saturated carbocycles. The molecule has 0 aliphatic carbocycles. The molecule has 84 valence electrons. The minimum absolute atomic E-state index is 0.260. The summed E-state index contributed by atoms with van der Waals surface area (Å²) in [5.74, 6) is 0. The lowest BCUT2D eigenvalue weighted by Gasteiger charge is -2.25. The van der Waals surface area contributed by atoms with Crippen molar-refractivity contribution in [3.05, 3.63) is 24.3 Å². The summed E-state index contributed by atoms with van der Waals surface area (Å²) in [6.45, 7) is 5.64. The summed E-state index contributed by atoms with van der Waals surface area (Å²) in [6.07, 6.45) is 0.506. The van der Waals surface area contributed by atoms with Gasteiger partial charge in [0.2, 0.25) is 0 Å². The predicted molar refractivity (Wildman–Crippen MR) is 65.0 cm³/mol. The smallest absolute Gasteiger partial charge is 0.0599 e. The zero-order valence-electron chi connectivity index (χ0n) is 9.48. The van der Waals surface area contributed by atoms with Crippen molar-refractivity contribution in [1.82, 2.24) is 0 Å². The number of nitrogens with two attached hydrogens (primary N) is 1. The number of hydrogen-bond donors (Lipinski definition) is 2. The molecule has 1 rings (SSSR count). The average molecular weight is 208 g/mol. The Balaban J connectivity index is 2.70. The van der Waals surface area contributed by atoms with E-state index in [1.54, 1.807) is 0 Å². The molecule has 1 aromatic carbocycles. The molecule has 1 unspecified atom stereocenters. The molecule has 1 aromatic rings. The van der Waals surface area contributed by atoms with E-state index in [-0.39, 0.29) is 6.10 Å². The summed E-state index contributed by atoms with van der Waals surface area (Å²) in [7, 11) is 0. The van der Waals surface area contributed by atoms with Crippen molar-refractivity contribution in [2.75, 3.05) is 23.7 Å². The second-order valence-electron chi connectivity index (χ2n) is 3.78. The second kappa shape index (κ2) is 5.61. The molecule has 0 heterocycles. The molecule has 15 heavy (non-hydrogen) atoms. The first-order valence-electron chi connectivity index (χ1n) is 5.42. The minimum Gasteiger partial charge on any atom is -0.397 e. The SMILES string of the molecule is CCN(CCC(C)O)c1ccccc1N. The van der Waals surface area contributed by atoms with Crippen LogP contribution in [0, 0.1) is 0 Å². The number of rotatable bonds is 5. The number of nitrogen functional groups attached to an aromatic ring is 1. The van der Waals surface area contributed by atoms with Gasteiger partial charge in [-0.2, -0.15) is 0 Å². The van der Waals surface area contributed by atoms with Crippen molar-refractivity contribution < 1.29 is 5.11 Å². The van der Waals surface area contributed by atoms with Crippen LogP contribution in [0.5, 0.6) is 0 Å². The zero-order chi connectivity index (χ0) is 11.3. The molecule has 0 fully saturated rings. The number of aliphatic hydroxyl groups excluding tert-OH is 1. The fourth-order valence-electron chi connectivity index (χ4n) is 1.57. The number of benzene rings is 1. The van der Waals surface area contributed by atoms with Crippen LogP contribution in [0.1, 0.15) is 20.3 Å². The highest BCUT2D eigenvalue weighted by molar-refractivity contribution is 5.67. The molecule has 0 aromatic heterocycles. The Morgan fingerprint density at radius 3 is 2.60 bits per heavy atom. The number of aliphatic hydroxyl groups is 1. The van der Waals surface area contributed by atoms with Crippen molar-refractivity contribution in [2.24, 2.45) is 0 Å². The lowest BCUT2D eigenvalue weighted by Crippen LogP contribution is -2.27. The first-order chi connectivity index (χ1) is 7.15. The van der Waals surface area contributed by atoms with Crippen LogP contribution in [-0.2, 0) is 0 Å². The molecule has 1 atom stereocenters. The fourth-order valence-corrected chi connectivity index (χ4v) is 1.57. The maximum absolute atomic E-state index is 9.26.